The first-order chi connectivity index (χ1) is 10.7. The van der Waals surface area contributed by atoms with E-state index in [1.54, 1.807) is 6.07 Å². The number of sulfone groups is 1. The summed E-state index contributed by atoms with van der Waals surface area (Å²) in [6.45, 7) is 0.933. The maximum atomic E-state index is 12.6. The topological polar surface area (TPSA) is 135 Å². The third-order valence-corrected chi connectivity index (χ3v) is 4.89. The summed E-state index contributed by atoms with van der Waals surface area (Å²) >= 11 is 0. The number of carbonyl (C=O) groups excluding carboxylic acids is 1. The molecule has 0 saturated heterocycles. The summed E-state index contributed by atoms with van der Waals surface area (Å²) in [5.41, 5.74) is -1.93. The minimum Gasteiger partial charge on any atom is -0.504 e. The number of ketones is 1. The molecule has 0 unspecified atom stereocenters. The summed E-state index contributed by atoms with van der Waals surface area (Å²) in [7, 11) is -4.31. The van der Waals surface area contributed by atoms with Crippen molar-refractivity contribution in [3.63, 3.8) is 0 Å². The van der Waals surface area contributed by atoms with Crippen LogP contribution < -0.4 is 0 Å². The molecule has 2 rings (SSSR count). The van der Waals surface area contributed by atoms with Gasteiger partial charge in [0.25, 0.3) is 0 Å². The Kier molecular flexibility index (Phi) is 4.06. The Morgan fingerprint density at radius 1 is 1.17 bits per heavy atom. The zero-order chi connectivity index (χ0) is 17.4. The lowest BCUT2D eigenvalue weighted by Crippen LogP contribution is -2.11. The summed E-state index contributed by atoms with van der Waals surface area (Å²) in [5.74, 6) is -3.09. The lowest BCUT2D eigenvalue weighted by atomic mass is 10.1. The molecular weight excluding hydrogens is 326 g/mol. The van der Waals surface area contributed by atoms with Gasteiger partial charge in [-0.2, -0.15) is 0 Å². The van der Waals surface area contributed by atoms with Crippen molar-refractivity contribution in [3.8, 4) is 11.5 Å². The van der Waals surface area contributed by atoms with Crippen molar-refractivity contribution in [2.75, 3.05) is 0 Å². The second kappa shape index (κ2) is 5.69. The highest BCUT2D eigenvalue weighted by Gasteiger charge is 2.35. The number of phenolic OH excluding ortho intramolecular Hbond substituents is 2. The number of carbonyl (C=O) groups is 1. The van der Waals surface area contributed by atoms with Crippen molar-refractivity contribution in [3.05, 3.63) is 52.1 Å². The Hall–Kier alpha value is -2.94. The Balaban J connectivity index is 2.93. The number of phenols is 2. The second-order valence-corrected chi connectivity index (χ2v) is 6.51. The number of Topliss-reactive ketones (excluding diaryl/α,β-unsaturated/α-hetero) is 1. The van der Waals surface area contributed by atoms with Gasteiger partial charge < -0.3 is 10.2 Å². The molecule has 0 fully saturated rings. The fourth-order valence-electron chi connectivity index (χ4n) is 2.08. The summed E-state index contributed by atoms with van der Waals surface area (Å²) in [4.78, 5) is 20.8. The van der Waals surface area contributed by atoms with E-state index in [-0.39, 0.29) is 4.90 Å². The molecule has 0 amide bonds. The number of nitro benzene ring substituents is 1. The van der Waals surface area contributed by atoms with E-state index in [1.165, 1.54) is 24.3 Å². The number of rotatable bonds is 4. The van der Waals surface area contributed by atoms with Crippen LogP contribution in [0.2, 0.25) is 0 Å². The van der Waals surface area contributed by atoms with E-state index in [4.69, 9.17) is 0 Å². The van der Waals surface area contributed by atoms with Crippen LogP contribution >= 0.6 is 0 Å². The van der Waals surface area contributed by atoms with Crippen LogP contribution in [-0.2, 0) is 9.84 Å². The van der Waals surface area contributed by atoms with Crippen LogP contribution in [0.1, 0.15) is 17.3 Å². The molecule has 0 aliphatic carbocycles. The molecule has 8 nitrogen and oxygen atoms in total. The average molecular weight is 337 g/mol. The number of aromatic hydroxyl groups is 2. The van der Waals surface area contributed by atoms with Gasteiger partial charge in [-0.25, -0.2) is 8.42 Å². The van der Waals surface area contributed by atoms with Gasteiger partial charge in [0.2, 0.25) is 15.6 Å². The van der Waals surface area contributed by atoms with Crippen molar-refractivity contribution < 1.29 is 28.3 Å². The third kappa shape index (κ3) is 2.73. The van der Waals surface area contributed by atoms with Gasteiger partial charge in [0.05, 0.1) is 14.7 Å². The molecule has 0 radical (unpaired) electrons. The molecule has 2 N–H and O–H groups in total. The van der Waals surface area contributed by atoms with E-state index < -0.39 is 48.2 Å². The van der Waals surface area contributed by atoms with Crippen molar-refractivity contribution in [1.82, 2.24) is 0 Å². The first kappa shape index (κ1) is 16.4. The predicted molar refractivity (Wildman–Crippen MR) is 78.3 cm³/mol. The largest absolute Gasteiger partial charge is 0.504 e. The average Bonchev–Trinajstić information content (AvgIpc) is 2.49. The van der Waals surface area contributed by atoms with Crippen molar-refractivity contribution in [1.29, 1.82) is 0 Å². The lowest BCUT2D eigenvalue weighted by Gasteiger charge is -2.11. The van der Waals surface area contributed by atoms with E-state index in [9.17, 15) is 33.5 Å². The number of nitrogens with zero attached hydrogens (tertiary/aromatic N) is 1. The van der Waals surface area contributed by atoms with E-state index in [0.29, 0.717) is 6.07 Å². The quantitative estimate of drug-likeness (QED) is 0.377. The molecule has 0 aromatic heterocycles. The summed E-state index contributed by atoms with van der Waals surface area (Å²) in [6.07, 6.45) is 0. The second-order valence-electron chi connectivity index (χ2n) is 4.60. The maximum Gasteiger partial charge on any atom is 0.326 e. The monoisotopic (exact) mass is 337 g/mol. The van der Waals surface area contributed by atoms with Crippen LogP contribution in [0, 0.1) is 10.1 Å². The summed E-state index contributed by atoms with van der Waals surface area (Å²) in [5, 5.41) is 30.3. The summed E-state index contributed by atoms with van der Waals surface area (Å²) < 4.78 is 25.3. The van der Waals surface area contributed by atoms with E-state index in [1.807, 2.05) is 0 Å². The van der Waals surface area contributed by atoms with E-state index in [0.717, 1.165) is 6.92 Å². The van der Waals surface area contributed by atoms with Crippen LogP contribution in [0.15, 0.2) is 46.2 Å². The zero-order valence-corrected chi connectivity index (χ0v) is 12.6. The summed E-state index contributed by atoms with van der Waals surface area (Å²) in [6, 6.07) is 7.57. The number of benzene rings is 2. The van der Waals surface area contributed by atoms with Gasteiger partial charge in [0.1, 0.15) is 5.56 Å². The normalized spacial score (nSPS) is 11.2. The first-order valence-corrected chi connectivity index (χ1v) is 7.70. The Bertz CT molecular complexity index is 904. The molecule has 0 aliphatic rings. The molecule has 0 saturated carbocycles. The highest BCUT2D eigenvalue weighted by atomic mass is 32.2. The molecule has 2 aromatic rings. The van der Waals surface area contributed by atoms with E-state index in [2.05, 4.69) is 0 Å². The minimum atomic E-state index is -4.31. The molecule has 9 heteroatoms. The first-order valence-electron chi connectivity index (χ1n) is 6.22. The minimum absolute atomic E-state index is 0.207. The number of hydrogen-bond donors (Lipinski definition) is 2. The van der Waals surface area contributed by atoms with Crippen LogP contribution in [0.3, 0.4) is 0 Å². The Morgan fingerprint density at radius 2 is 1.74 bits per heavy atom. The Morgan fingerprint density at radius 3 is 2.22 bits per heavy atom. The smallest absolute Gasteiger partial charge is 0.326 e. The lowest BCUT2D eigenvalue weighted by molar-refractivity contribution is -0.386. The third-order valence-electron chi connectivity index (χ3n) is 3.10. The highest BCUT2D eigenvalue weighted by molar-refractivity contribution is 7.91. The molecule has 0 aliphatic heterocycles. The molecule has 0 bridgehead atoms. The molecule has 120 valence electrons. The number of nitro groups is 1. The van der Waals surface area contributed by atoms with Gasteiger partial charge in [-0.3, -0.25) is 14.9 Å². The van der Waals surface area contributed by atoms with Crippen molar-refractivity contribution >= 4 is 21.3 Å². The van der Waals surface area contributed by atoms with Gasteiger partial charge >= 0.3 is 5.69 Å². The molecule has 0 atom stereocenters. The van der Waals surface area contributed by atoms with Crippen LogP contribution in [0.25, 0.3) is 0 Å². The molecule has 0 heterocycles. The van der Waals surface area contributed by atoms with Crippen LogP contribution in [-0.4, -0.2) is 29.3 Å². The van der Waals surface area contributed by atoms with Gasteiger partial charge in [-0.1, -0.05) is 18.2 Å². The zero-order valence-electron chi connectivity index (χ0n) is 11.8. The number of hydrogen-bond acceptors (Lipinski definition) is 7. The fourth-order valence-corrected chi connectivity index (χ4v) is 3.62. The molecular formula is C14H11NO7S. The van der Waals surface area contributed by atoms with Gasteiger partial charge in [0.15, 0.2) is 11.5 Å². The van der Waals surface area contributed by atoms with Gasteiger partial charge in [-0.05, 0) is 19.1 Å². The fraction of sp³-hybridized carbons (Fsp3) is 0.0714. The predicted octanol–water partition coefficient (Wildman–Crippen LogP) is 2.04. The van der Waals surface area contributed by atoms with Gasteiger partial charge in [0, 0.05) is 6.07 Å². The molecule has 23 heavy (non-hydrogen) atoms. The SMILES string of the molecule is CC(=O)c1c(S(=O)(=O)c2ccccc2)cc(O)c(O)c1[N+](=O)[O-]. The van der Waals surface area contributed by atoms with Gasteiger partial charge in [-0.15, -0.1) is 0 Å². The van der Waals surface area contributed by atoms with Crippen LogP contribution in [0.5, 0.6) is 11.5 Å². The molecule has 2 aromatic carbocycles. The van der Waals surface area contributed by atoms with Crippen molar-refractivity contribution in [2.24, 2.45) is 0 Å². The Labute approximate surface area is 130 Å². The van der Waals surface area contributed by atoms with Crippen LogP contribution in [0.4, 0.5) is 5.69 Å². The van der Waals surface area contributed by atoms with Crippen molar-refractivity contribution in [2.45, 2.75) is 16.7 Å². The molecule has 0 spiro atoms. The maximum absolute atomic E-state index is 12.6. The standard InChI is InChI=1S/C14H11NO7S/c1-8(16)12-11(7-10(17)14(18)13(12)15(19)20)23(21,22)9-5-3-2-4-6-9/h2-7,17-18H,1H3. The van der Waals surface area contributed by atoms with E-state index >= 15 is 0 Å². The highest BCUT2D eigenvalue weighted by Crippen LogP contribution is 2.43.